The fraction of sp³-hybridized carbons (Fsp3) is 0.500. The molecule has 3 rings (SSSR count). The topological polar surface area (TPSA) is 101 Å². The fourth-order valence-corrected chi connectivity index (χ4v) is 4.62. The molecule has 9 heteroatoms. The molecule has 0 saturated heterocycles. The Balaban J connectivity index is 1.70. The van der Waals surface area contributed by atoms with Crippen molar-refractivity contribution in [2.24, 2.45) is 0 Å². The molecule has 2 N–H and O–H groups in total. The highest BCUT2D eigenvalue weighted by Gasteiger charge is 2.30. The van der Waals surface area contributed by atoms with Crippen LogP contribution in [0.5, 0.6) is 6.01 Å². The zero-order chi connectivity index (χ0) is 24.1. The molecule has 1 aromatic carbocycles. The molecule has 2 aromatic rings. The summed E-state index contributed by atoms with van der Waals surface area (Å²) < 4.78 is 5.64. The SMILES string of the molecule is C[Si](C)(C)CCOc1nccc(C(=O)c2ccc(Cl)c(C(=O)NCC3(O)CCCCC3)c2)n1. The summed E-state index contributed by atoms with van der Waals surface area (Å²) >= 11 is 6.24. The number of rotatable bonds is 9. The number of hydrogen-bond donors (Lipinski definition) is 2. The summed E-state index contributed by atoms with van der Waals surface area (Å²) in [4.78, 5) is 34.1. The van der Waals surface area contributed by atoms with E-state index in [2.05, 4.69) is 34.9 Å². The van der Waals surface area contributed by atoms with Crippen molar-refractivity contribution in [2.75, 3.05) is 13.2 Å². The highest BCUT2D eigenvalue weighted by molar-refractivity contribution is 6.76. The molecule has 33 heavy (non-hydrogen) atoms. The first-order chi connectivity index (χ1) is 15.6. The van der Waals surface area contributed by atoms with Crippen LogP contribution in [0, 0.1) is 0 Å². The number of hydrogen-bond acceptors (Lipinski definition) is 6. The van der Waals surface area contributed by atoms with Crippen LogP contribution in [-0.2, 0) is 0 Å². The number of nitrogens with one attached hydrogen (secondary N) is 1. The first kappa shape index (κ1) is 25.3. The molecule has 1 aromatic heterocycles. The molecule has 0 spiro atoms. The van der Waals surface area contributed by atoms with Gasteiger partial charge in [-0.3, -0.25) is 9.59 Å². The smallest absolute Gasteiger partial charge is 0.316 e. The van der Waals surface area contributed by atoms with Gasteiger partial charge in [-0.25, -0.2) is 4.98 Å². The molecule has 1 fully saturated rings. The van der Waals surface area contributed by atoms with Crippen molar-refractivity contribution < 1.29 is 19.4 Å². The van der Waals surface area contributed by atoms with Gasteiger partial charge in [0.05, 0.1) is 22.8 Å². The van der Waals surface area contributed by atoms with Crippen molar-refractivity contribution >= 4 is 31.4 Å². The Bertz CT molecular complexity index is 1000. The van der Waals surface area contributed by atoms with E-state index in [-0.39, 0.29) is 40.2 Å². The van der Waals surface area contributed by atoms with Gasteiger partial charge in [-0.1, -0.05) is 50.5 Å². The average molecular weight is 490 g/mol. The molecule has 0 unspecified atom stereocenters. The van der Waals surface area contributed by atoms with Gasteiger partial charge in [0, 0.05) is 26.4 Å². The van der Waals surface area contributed by atoms with Gasteiger partial charge in [0.15, 0.2) is 0 Å². The Morgan fingerprint density at radius 1 is 1.18 bits per heavy atom. The third-order valence-electron chi connectivity index (χ3n) is 5.78. The second kappa shape index (κ2) is 10.8. The number of benzene rings is 1. The molecule has 0 bridgehead atoms. The number of carbonyl (C=O) groups excluding carboxylic acids is 2. The predicted molar refractivity (Wildman–Crippen MR) is 131 cm³/mol. The number of ether oxygens (including phenoxy) is 1. The van der Waals surface area contributed by atoms with E-state index in [1.165, 1.54) is 24.4 Å². The Kier molecular flexibility index (Phi) is 8.26. The van der Waals surface area contributed by atoms with Crippen LogP contribution in [0.4, 0.5) is 0 Å². The van der Waals surface area contributed by atoms with E-state index >= 15 is 0 Å². The number of amides is 1. The van der Waals surface area contributed by atoms with Gasteiger partial charge in [0.25, 0.3) is 5.91 Å². The average Bonchev–Trinajstić information content (AvgIpc) is 2.77. The van der Waals surface area contributed by atoms with Crippen molar-refractivity contribution in [1.82, 2.24) is 15.3 Å². The molecule has 1 amide bonds. The molecule has 178 valence electrons. The lowest BCUT2D eigenvalue weighted by molar-refractivity contribution is 0.00525. The summed E-state index contributed by atoms with van der Waals surface area (Å²) in [5, 5.41) is 13.6. The van der Waals surface area contributed by atoms with Crippen LogP contribution in [0.15, 0.2) is 30.5 Å². The molecule has 7 nitrogen and oxygen atoms in total. The number of aromatic nitrogens is 2. The minimum absolute atomic E-state index is 0.157. The first-order valence-corrected chi connectivity index (χ1v) is 15.5. The summed E-state index contributed by atoms with van der Waals surface area (Å²) in [5.74, 6) is -0.782. The zero-order valence-electron chi connectivity index (χ0n) is 19.5. The molecular weight excluding hydrogens is 458 g/mol. The van der Waals surface area contributed by atoms with Crippen LogP contribution in [0.1, 0.15) is 58.5 Å². The van der Waals surface area contributed by atoms with Crippen molar-refractivity contribution in [1.29, 1.82) is 0 Å². The second-order valence-electron chi connectivity index (χ2n) is 9.88. The lowest BCUT2D eigenvalue weighted by Crippen LogP contribution is -2.44. The largest absolute Gasteiger partial charge is 0.464 e. The van der Waals surface area contributed by atoms with Crippen molar-refractivity contribution in [3.05, 3.63) is 52.3 Å². The zero-order valence-corrected chi connectivity index (χ0v) is 21.2. The normalized spacial score (nSPS) is 15.7. The third kappa shape index (κ3) is 7.35. The van der Waals surface area contributed by atoms with Crippen LogP contribution in [0.25, 0.3) is 0 Å². The second-order valence-corrected chi connectivity index (χ2v) is 15.9. The number of ketones is 1. The summed E-state index contributed by atoms with van der Waals surface area (Å²) in [6.45, 7) is 7.41. The number of nitrogens with zero attached hydrogens (tertiary/aromatic N) is 2. The summed E-state index contributed by atoms with van der Waals surface area (Å²) in [5.41, 5.74) is -0.242. The van der Waals surface area contributed by atoms with Gasteiger partial charge in [-0.15, -0.1) is 0 Å². The molecule has 1 aliphatic carbocycles. The monoisotopic (exact) mass is 489 g/mol. The minimum Gasteiger partial charge on any atom is -0.464 e. The predicted octanol–water partition coefficient (Wildman–Crippen LogP) is 4.50. The summed E-state index contributed by atoms with van der Waals surface area (Å²) in [6.07, 6.45) is 5.80. The number of halogens is 1. The lowest BCUT2D eigenvalue weighted by atomic mass is 9.85. The molecule has 0 atom stereocenters. The summed E-state index contributed by atoms with van der Waals surface area (Å²) in [7, 11) is -1.26. The van der Waals surface area contributed by atoms with E-state index in [0.717, 1.165) is 25.3 Å². The maximum absolute atomic E-state index is 13.0. The standard InChI is InChI=1S/C24H32ClN3O4Si/c1-33(2,3)14-13-32-23-26-12-9-20(28-23)21(29)17-7-8-19(25)18(15-17)22(30)27-16-24(31)10-5-4-6-11-24/h7-9,12,15,31H,4-6,10-11,13-14,16H2,1-3H3,(H,27,30). The van der Waals surface area contributed by atoms with Crippen LogP contribution in [0.2, 0.25) is 30.7 Å². The quantitative estimate of drug-likeness (QED) is 0.397. The highest BCUT2D eigenvalue weighted by Crippen LogP contribution is 2.27. The Labute approximate surface area is 200 Å². The van der Waals surface area contributed by atoms with E-state index in [4.69, 9.17) is 16.3 Å². The van der Waals surface area contributed by atoms with Gasteiger partial charge >= 0.3 is 6.01 Å². The molecule has 1 heterocycles. The van der Waals surface area contributed by atoms with Crippen LogP contribution < -0.4 is 10.1 Å². The minimum atomic E-state index is -1.26. The molecule has 0 radical (unpaired) electrons. The maximum Gasteiger partial charge on any atom is 0.316 e. The molecule has 1 aliphatic rings. The van der Waals surface area contributed by atoms with E-state index < -0.39 is 19.6 Å². The van der Waals surface area contributed by atoms with Gasteiger partial charge < -0.3 is 15.2 Å². The highest BCUT2D eigenvalue weighted by atomic mass is 35.5. The number of carbonyl (C=O) groups is 2. The van der Waals surface area contributed by atoms with E-state index in [1.54, 1.807) is 6.07 Å². The maximum atomic E-state index is 13.0. The van der Waals surface area contributed by atoms with Crippen LogP contribution >= 0.6 is 11.6 Å². The van der Waals surface area contributed by atoms with Gasteiger partial charge in [-0.05, 0) is 43.2 Å². The lowest BCUT2D eigenvalue weighted by Gasteiger charge is -2.32. The van der Waals surface area contributed by atoms with Gasteiger partial charge in [0.1, 0.15) is 5.69 Å². The molecular formula is C24H32ClN3O4Si. The third-order valence-corrected chi connectivity index (χ3v) is 7.82. The van der Waals surface area contributed by atoms with Crippen molar-refractivity contribution in [2.45, 2.75) is 63.4 Å². The van der Waals surface area contributed by atoms with E-state index in [0.29, 0.717) is 19.4 Å². The van der Waals surface area contributed by atoms with E-state index in [1.807, 2.05) is 0 Å². The van der Waals surface area contributed by atoms with Crippen molar-refractivity contribution in [3.63, 3.8) is 0 Å². The Hall–Kier alpha value is -2.29. The van der Waals surface area contributed by atoms with Gasteiger partial charge in [0.2, 0.25) is 5.78 Å². The molecule has 0 aliphatic heterocycles. The first-order valence-electron chi connectivity index (χ1n) is 11.4. The van der Waals surface area contributed by atoms with Gasteiger partial charge in [-0.2, -0.15) is 4.98 Å². The Morgan fingerprint density at radius 2 is 1.91 bits per heavy atom. The summed E-state index contributed by atoms with van der Waals surface area (Å²) in [6, 6.07) is 7.17. The molecule has 1 saturated carbocycles. The van der Waals surface area contributed by atoms with Crippen molar-refractivity contribution in [3.8, 4) is 6.01 Å². The fourth-order valence-electron chi connectivity index (χ4n) is 3.70. The van der Waals surface area contributed by atoms with Crippen LogP contribution in [0.3, 0.4) is 0 Å². The van der Waals surface area contributed by atoms with Crippen LogP contribution in [-0.4, -0.2) is 53.6 Å². The Morgan fingerprint density at radius 3 is 2.61 bits per heavy atom. The van der Waals surface area contributed by atoms with E-state index in [9.17, 15) is 14.7 Å². The number of aliphatic hydroxyl groups is 1.